The van der Waals surface area contributed by atoms with Gasteiger partial charge in [0.05, 0.1) is 29.5 Å². The average molecular weight is 487 g/mol. The summed E-state index contributed by atoms with van der Waals surface area (Å²) < 4.78 is 12.7. The van der Waals surface area contributed by atoms with Gasteiger partial charge in [-0.1, -0.05) is 19.9 Å². The van der Waals surface area contributed by atoms with Gasteiger partial charge in [0.2, 0.25) is 5.78 Å². The second kappa shape index (κ2) is 8.49. The molecule has 0 aromatic rings. The summed E-state index contributed by atoms with van der Waals surface area (Å²) >= 11 is 0. The van der Waals surface area contributed by atoms with Crippen LogP contribution in [0.2, 0.25) is 0 Å². The Labute approximate surface area is 207 Å². The van der Waals surface area contributed by atoms with E-state index in [-0.39, 0.29) is 34.9 Å². The molecule has 4 rings (SSSR count). The van der Waals surface area contributed by atoms with Gasteiger partial charge in [-0.3, -0.25) is 14.4 Å². The summed E-state index contributed by atoms with van der Waals surface area (Å²) in [5.41, 5.74) is -1.77. The fourth-order valence-electron chi connectivity index (χ4n) is 6.76. The van der Waals surface area contributed by atoms with Crippen molar-refractivity contribution in [3.8, 4) is 0 Å². The first-order valence-corrected chi connectivity index (χ1v) is 12.6. The SMILES string of the molecule is CC=C(C)C(=O)C(C)C1=CC(=O)C2=C(OC3(C)CCC4OC(C(C)(C)O)CCC4(C)C3C2O)C1=O. The molecule has 2 aliphatic carbocycles. The van der Waals surface area contributed by atoms with E-state index >= 15 is 0 Å². The first-order valence-electron chi connectivity index (χ1n) is 12.6. The zero-order chi connectivity index (χ0) is 26.1. The number of hydrogen-bond donors (Lipinski definition) is 2. The molecule has 1 saturated heterocycles. The standard InChI is InChI=1S/C28H38O7/c1-8-14(2)21(30)15(3)16-13-17(29)20-23(32)25-27(6)11-9-18(26(4,5)33)34-19(27)10-12-28(25,7)35-24(20)22(16)31/h8,13,15,18-19,23,25,32-33H,9-12H2,1-7H3. The van der Waals surface area contributed by atoms with Gasteiger partial charge < -0.3 is 19.7 Å². The van der Waals surface area contributed by atoms with E-state index in [0.29, 0.717) is 31.3 Å². The molecule has 35 heavy (non-hydrogen) atoms. The molecule has 0 spiro atoms. The van der Waals surface area contributed by atoms with Gasteiger partial charge in [0.15, 0.2) is 17.3 Å². The molecule has 7 unspecified atom stereocenters. The lowest BCUT2D eigenvalue weighted by Gasteiger charge is -2.61. The number of ketones is 3. The van der Waals surface area contributed by atoms with Crippen LogP contribution >= 0.6 is 0 Å². The van der Waals surface area contributed by atoms with E-state index in [1.54, 1.807) is 40.7 Å². The summed E-state index contributed by atoms with van der Waals surface area (Å²) in [6.07, 6.45) is 3.62. The number of aliphatic hydroxyl groups is 2. The monoisotopic (exact) mass is 486 g/mol. The first kappa shape index (κ1) is 26.0. The lowest BCUT2D eigenvalue weighted by Crippen LogP contribution is -2.66. The number of rotatable bonds is 4. The average Bonchev–Trinajstić information content (AvgIpc) is 2.77. The molecule has 0 amide bonds. The molecule has 0 bridgehead atoms. The number of fused-ring (bicyclic) bond motifs is 3. The van der Waals surface area contributed by atoms with Crippen molar-refractivity contribution >= 4 is 17.3 Å². The zero-order valence-corrected chi connectivity index (χ0v) is 21.8. The lowest BCUT2D eigenvalue weighted by molar-refractivity contribution is -0.260. The Balaban J connectivity index is 1.69. The molecule has 192 valence electrons. The maximum absolute atomic E-state index is 13.5. The van der Waals surface area contributed by atoms with Crippen LogP contribution in [0, 0.1) is 17.3 Å². The molecule has 0 aromatic heterocycles. The molecule has 0 radical (unpaired) electrons. The van der Waals surface area contributed by atoms with Crippen molar-refractivity contribution in [3.63, 3.8) is 0 Å². The number of aliphatic hydroxyl groups excluding tert-OH is 1. The Morgan fingerprint density at radius 3 is 2.49 bits per heavy atom. The van der Waals surface area contributed by atoms with Crippen molar-refractivity contribution in [3.05, 3.63) is 34.6 Å². The van der Waals surface area contributed by atoms with Crippen LogP contribution in [-0.2, 0) is 23.9 Å². The van der Waals surface area contributed by atoms with Gasteiger partial charge in [-0.25, -0.2) is 0 Å². The van der Waals surface area contributed by atoms with Gasteiger partial charge in [-0.2, -0.15) is 0 Å². The summed E-state index contributed by atoms with van der Waals surface area (Å²) in [6, 6.07) is 0. The normalized spacial score (nSPS) is 38.7. The minimum atomic E-state index is -1.20. The smallest absolute Gasteiger partial charge is 0.224 e. The molecule has 2 N–H and O–H groups in total. The van der Waals surface area contributed by atoms with Crippen molar-refractivity contribution < 1.29 is 34.1 Å². The van der Waals surface area contributed by atoms with Gasteiger partial charge in [0.25, 0.3) is 0 Å². The van der Waals surface area contributed by atoms with Crippen LogP contribution < -0.4 is 0 Å². The number of ether oxygens (including phenoxy) is 2. The first-order chi connectivity index (χ1) is 16.2. The number of Topliss-reactive ketones (excluding diaryl/α,β-unsaturated/α-hetero) is 2. The highest BCUT2D eigenvalue weighted by molar-refractivity contribution is 6.24. The maximum atomic E-state index is 13.5. The van der Waals surface area contributed by atoms with E-state index in [0.717, 1.165) is 0 Å². The van der Waals surface area contributed by atoms with E-state index in [1.807, 2.05) is 6.92 Å². The predicted octanol–water partition coefficient (Wildman–Crippen LogP) is 3.37. The fourth-order valence-corrected chi connectivity index (χ4v) is 6.76. The summed E-state index contributed by atoms with van der Waals surface area (Å²) in [6.45, 7) is 12.5. The van der Waals surface area contributed by atoms with Crippen LogP contribution in [0.4, 0.5) is 0 Å². The highest BCUT2D eigenvalue weighted by Gasteiger charge is 2.64. The minimum absolute atomic E-state index is 0.0184. The van der Waals surface area contributed by atoms with Crippen molar-refractivity contribution in [1.29, 1.82) is 0 Å². The second-order valence-electron chi connectivity index (χ2n) is 11.8. The molecular formula is C28H38O7. The Morgan fingerprint density at radius 1 is 1.23 bits per heavy atom. The molecule has 2 aliphatic heterocycles. The molecule has 1 saturated carbocycles. The van der Waals surface area contributed by atoms with E-state index in [4.69, 9.17) is 9.47 Å². The van der Waals surface area contributed by atoms with Crippen LogP contribution in [0.15, 0.2) is 34.6 Å². The van der Waals surface area contributed by atoms with E-state index in [1.165, 1.54) is 6.08 Å². The quantitative estimate of drug-likeness (QED) is 0.463. The molecular weight excluding hydrogens is 448 g/mol. The highest BCUT2D eigenvalue weighted by Crippen LogP contribution is 2.59. The molecule has 7 nitrogen and oxygen atoms in total. The molecule has 7 heteroatoms. The largest absolute Gasteiger partial charge is 0.482 e. The van der Waals surface area contributed by atoms with Gasteiger partial charge in [0, 0.05) is 22.8 Å². The summed E-state index contributed by atoms with van der Waals surface area (Å²) in [4.78, 5) is 39.5. The highest BCUT2D eigenvalue weighted by atomic mass is 16.5. The van der Waals surface area contributed by atoms with Crippen molar-refractivity contribution in [1.82, 2.24) is 0 Å². The topological polar surface area (TPSA) is 110 Å². The Kier molecular flexibility index (Phi) is 6.31. The van der Waals surface area contributed by atoms with Gasteiger partial charge in [-0.05, 0) is 72.0 Å². The number of hydrogen-bond acceptors (Lipinski definition) is 7. The van der Waals surface area contributed by atoms with Crippen LogP contribution in [0.1, 0.15) is 74.1 Å². The third-order valence-corrected chi connectivity index (χ3v) is 8.96. The molecule has 2 fully saturated rings. The zero-order valence-electron chi connectivity index (χ0n) is 21.8. The molecule has 7 atom stereocenters. The fraction of sp³-hybridized carbons (Fsp3) is 0.679. The lowest BCUT2D eigenvalue weighted by atomic mass is 9.53. The third kappa shape index (κ3) is 3.96. The van der Waals surface area contributed by atoms with Crippen LogP contribution in [0.25, 0.3) is 0 Å². The molecule has 2 heterocycles. The number of allylic oxidation sites excluding steroid dienone is 4. The Bertz CT molecular complexity index is 1060. The van der Waals surface area contributed by atoms with Gasteiger partial charge in [0.1, 0.15) is 5.60 Å². The van der Waals surface area contributed by atoms with Gasteiger partial charge in [-0.15, -0.1) is 0 Å². The van der Waals surface area contributed by atoms with Crippen molar-refractivity contribution in [2.45, 2.75) is 104 Å². The molecule has 0 aromatic carbocycles. The van der Waals surface area contributed by atoms with Crippen molar-refractivity contribution in [2.24, 2.45) is 17.3 Å². The van der Waals surface area contributed by atoms with E-state index in [9.17, 15) is 24.6 Å². The van der Waals surface area contributed by atoms with Crippen molar-refractivity contribution in [2.75, 3.05) is 0 Å². The minimum Gasteiger partial charge on any atom is -0.482 e. The van der Waals surface area contributed by atoms with Gasteiger partial charge >= 0.3 is 0 Å². The van der Waals surface area contributed by atoms with E-state index in [2.05, 4.69) is 6.92 Å². The summed E-state index contributed by atoms with van der Waals surface area (Å²) in [7, 11) is 0. The number of carbonyl (C=O) groups is 3. The summed E-state index contributed by atoms with van der Waals surface area (Å²) in [5.74, 6) is -2.59. The third-order valence-electron chi connectivity index (χ3n) is 8.96. The number of carbonyl (C=O) groups excluding carboxylic acids is 3. The van der Waals surface area contributed by atoms with Crippen LogP contribution in [0.5, 0.6) is 0 Å². The van der Waals surface area contributed by atoms with Crippen LogP contribution in [-0.4, -0.2) is 57.1 Å². The van der Waals surface area contributed by atoms with E-state index < -0.39 is 46.1 Å². The predicted molar refractivity (Wildman–Crippen MR) is 129 cm³/mol. The van der Waals surface area contributed by atoms with Crippen LogP contribution in [0.3, 0.4) is 0 Å². The maximum Gasteiger partial charge on any atom is 0.224 e. The Morgan fingerprint density at radius 2 is 1.89 bits per heavy atom. The Hall–Kier alpha value is -2.09. The second-order valence-corrected chi connectivity index (χ2v) is 11.8. The molecule has 4 aliphatic rings. The summed E-state index contributed by atoms with van der Waals surface area (Å²) in [5, 5.41) is 22.1.